The van der Waals surface area contributed by atoms with Gasteiger partial charge in [-0.25, -0.2) is 9.78 Å². The first-order valence-corrected chi connectivity index (χ1v) is 12.4. The molecule has 0 radical (unpaired) electrons. The summed E-state index contributed by atoms with van der Waals surface area (Å²) >= 11 is 13.1. The summed E-state index contributed by atoms with van der Waals surface area (Å²) in [5, 5.41) is 5.32. The number of rotatable bonds is 6. The van der Waals surface area contributed by atoms with Crippen LogP contribution in [0, 0.1) is 0 Å². The van der Waals surface area contributed by atoms with Crippen molar-refractivity contribution >= 4 is 66.5 Å². The van der Waals surface area contributed by atoms with Crippen molar-refractivity contribution in [2.75, 3.05) is 6.61 Å². The molecule has 1 aromatic heterocycles. The molecular weight excluding hydrogens is 590 g/mol. The van der Waals surface area contributed by atoms with Gasteiger partial charge in [0.1, 0.15) is 11.6 Å². The normalized spacial score (nSPS) is 12.0. The smallest absolute Gasteiger partial charge is 0.344 e. The maximum absolute atomic E-state index is 13.4. The minimum absolute atomic E-state index is 0.256. The molecule has 10 heteroatoms. The van der Waals surface area contributed by atoms with Crippen LogP contribution < -0.4 is 10.3 Å². The first-order valence-electron chi connectivity index (χ1n) is 10.5. The van der Waals surface area contributed by atoms with Crippen molar-refractivity contribution in [3.63, 3.8) is 0 Å². The van der Waals surface area contributed by atoms with Gasteiger partial charge in [0.2, 0.25) is 0 Å². The Kier molecular flexibility index (Phi) is 8.21. The Morgan fingerprint density at radius 2 is 1.94 bits per heavy atom. The molecule has 0 saturated carbocycles. The van der Waals surface area contributed by atoms with E-state index < -0.39 is 11.4 Å². The largest absolute Gasteiger partial charge is 0.480 e. The van der Waals surface area contributed by atoms with Crippen LogP contribution in [0.5, 0.6) is 5.75 Å². The highest BCUT2D eigenvalue weighted by atomic mass is 79.9. The van der Waals surface area contributed by atoms with Gasteiger partial charge in [0.05, 0.1) is 27.7 Å². The van der Waals surface area contributed by atoms with Gasteiger partial charge in [-0.3, -0.25) is 4.79 Å². The third-order valence-electron chi connectivity index (χ3n) is 4.53. The van der Waals surface area contributed by atoms with Crippen LogP contribution in [0.3, 0.4) is 0 Å². The Morgan fingerprint density at radius 1 is 1.24 bits per heavy atom. The number of carbonyl (C=O) groups is 1. The van der Waals surface area contributed by atoms with Crippen molar-refractivity contribution in [1.29, 1.82) is 0 Å². The summed E-state index contributed by atoms with van der Waals surface area (Å²) in [6.45, 7) is 9.09. The van der Waals surface area contributed by atoms with E-state index in [4.69, 9.17) is 26.1 Å². The standard InChI is InChI=1S/C24H24Br2ClN3O4/c1-13(2)34-20(31)12-33-21-14(8-16(27)10-18(21)26)11-28-30-22(32)17-9-15(25)6-7-19(17)29-23(30)24(3,4)5/h6-11,13H,12H2,1-5H3. The van der Waals surface area contributed by atoms with Gasteiger partial charge in [0.25, 0.3) is 5.56 Å². The van der Waals surface area contributed by atoms with Gasteiger partial charge in [0.15, 0.2) is 6.61 Å². The second kappa shape index (κ2) is 10.6. The van der Waals surface area contributed by atoms with Crippen molar-refractivity contribution in [3.05, 3.63) is 66.0 Å². The number of hydrogen-bond acceptors (Lipinski definition) is 6. The fraction of sp³-hybridized carbons (Fsp3) is 0.333. The summed E-state index contributed by atoms with van der Waals surface area (Å²) in [5.74, 6) is 0.332. The third-order valence-corrected chi connectivity index (χ3v) is 5.83. The lowest BCUT2D eigenvalue weighted by molar-refractivity contribution is -0.149. The lowest BCUT2D eigenvalue weighted by Gasteiger charge is -2.21. The second-order valence-electron chi connectivity index (χ2n) is 8.84. The van der Waals surface area contributed by atoms with Gasteiger partial charge in [-0.2, -0.15) is 9.78 Å². The van der Waals surface area contributed by atoms with Crippen LogP contribution in [-0.2, 0) is 14.9 Å². The van der Waals surface area contributed by atoms with E-state index in [1.807, 2.05) is 26.8 Å². The van der Waals surface area contributed by atoms with Crippen molar-refractivity contribution in [2.45, 2.75) is 46.1 Å². The molecule has 3 rings (SSSR count). The molecular formula is C24H24Br2ClN3O4. The maximum Gasteiger partial charge on any atom is 0.344 e. The summed E-state index contributed by atoms with van der Waals surface area (Å²) in [6, 6.07) is 8.62. The summed E-state index contributed by atoms with van der Waals surface area (Å²) in [5.41, 5.74) is 0.282. The van der Waals surface area contributed by atoms with E-state index in [1.54, 1.807) is 38.1 Å². The van der Waals surface area contributed by atoms with Crippen molar-refractivity contribution in [2.24, 2.45) is 5.10 Å². The van der Waals surface area contributed by atoms with E-state index in [0.29, 0.717) is 37.5 Å². The molecule has 0 aliphatic carbocycles. The lowest BCUT2D eigenvalue weighted by Crippen LogP contribution is -2.29. The molecule has 1 heterocycles. The third kappa shape index (κ3) is 6.25. The number of halogens is 3. The van der Waals surface area contributed by atoms with E-state index >= 15 is 0 Å². The molecule has 0 N–H and O–H groups in total. The predicted octanol–water partition coefficient (Wildman–Crippen LogP) is 6.09. The highest BCUT2D eigenvalue weighted by molar-refractivity contribution is 9.10. The fourth-order valence-electron chi connectivity index (χ4n) is 3.12. The van der Waals surface area contributed by atoms with Gasteiger partial charge < -0.3 is 9.47 Å². The monoisotopic (exact) mass is 611 g/mol. The Hall–Kier alpha value is -2.23. The van der Waals surface area contributed by atoms with E-state index in [1.165, 1.54) is 10.9 Å². The number of esters is 1. The Bertz CT molecular complexity index is 1330. The first-order chi connectivity index (χ1) is 15.9. The summed E-state index contributed by atoms with van der Waals surface area (Å²) < 4.78 is 13.4. The molecule has 180 valence electrons. The molecule has 34 heavy (non-hydrogen) atoms. The minimum Gasteiger partial charge on any atom is -0.480 e. The molecule has 3 aromatic rings. The lowest BCUT2D eigenvalue weighted by atomic mass is 9.95. The summed E-state index contributed by atoms with van der Waals surface area (Å²) in [7, 11) is 0. The fourth-order valence-corrected chi connectivity index (χ4v) is 4.43. The molecule has 0 saturated heterocycles. The van der Waals surface area contributed by atoms with Crippen molar-refractivity contribution in [3.8, 4) is 5.75 Å². The van der Waals surface area contributed by atoms with Gasteiger partial charge in [-0.15, -0.1) is 0 Å². The first kappa shape index (κ1) is 26.4. The highest BCUT2D eigenvalue weighted by Gasteiger charge is 2.23. The van der Waals surface area contributed by atoms with Gasteiger partial charge in [-0.05, 0) is 60.1 Å². The van der Waals surface area contributed by atoms with Crippen LogP contribution >= 0.6 is 43.5 Å². The average Bonchev–Trinajstić information content (AvgIpc) is 2.71. The molecule has 0 atom stereocenters. The quantitative estimate of drug-likeness (QED) is 0.249. The summed E-state index contributed by atoms with van der Waals surface area (Å²) in [6.07, 6.45) is 1.20. The molecule has 0 aliphatic heterocycles. The van der Waals surface area contributed by atoms with Gasteiger partial charge >= 0.3 is 5.97 Å². The number of aromatic nitrogens is 2. The van der Waals surface area contributed by atoms with Crippen LogP contribution in [0.2, 0.25) is 5.02 Å². The molecule has 2 aromatic carbocycles. The van der Waals surface area contributed by atoms with Crippen LogP contribution in [-0.4, -0.2) is 34.6 Å². The number of ether oxygens (including phenoxy) is 2. The average molecular weight is 614 g/mol. The highest BCUT2D eigenvalue weighted by Crippen LogP contribution is 2.32. The Balaban J connectivity index is 2.10. The van der Waals surface area contributed by atoms with E-state index in [9.17, 15) is 9.59 Å². The molecule has 7 nitrogen and oxygen atoms in total. The van der Waals surface area contributed by atoms with Crippen molar-refractivity contribution < 1.29 is 14.3 Å². The molecule has 0 bridgehead atoms. The number of carbonyl (C=O) groups excluding carboxylic acids is 1. The van der Waals surface area contributed by atoms with Crippen molar-refractivity contribution in [1.82, 2.24) is 9.66 Å². The van der Waals surface area contributed by atoms with E-state index in [0.717, 1.165) is 4.47 Å². The molecule has 0 fully saturated rings. The number of hydrogen-bond donors (Lipinski definition) is 0. The topological polar surface area (TPSA) is 82.8 Å². The summed E-state index contributed by atoms with van der Waals surface area (Å²) in [4.78, 5) is 30.0. The van der Waals surface area contributed by atoms with Gasteiger partial charge in [-0.1, -0.05) is 48.3 Å². The molecule has 0 unspecified atom stereocenters. The second-order valence-corrected chi connectivity index (χ2v) is 11.0. The van der Waals surface area contributed by atoms with Crippen LogP contribution in [0.4, 0.5) is 0 Å². The van der Waals surface area contributed by atoms with Crippen LogP contribution in [0.25, 0.3) is 10.9 Å². The minimum atomic E-state index is -0.504. The van der Waals surface area contributed by atoms with E-state index in [-0.39, 0.29) is 18.3 Å². The Labute approximate surface area is 219 Å². The van der Waals surface area contributed by atoms with Crippen LogP contribution in [0.15, 0.2) is 49.2 Å². The Morgan fingerprint density at radius 3 is 2.59 bits per heavy atom. The number of fused-ring (bicyclic) bond motifs is 1. The van der Waals surface area contributed by atoms with Crippen LogP contribution in [0.1, 0.15) is 46.0 Å². The van der Waals surface area contributed by atoms with Gasteiger partial charge in [0, 0.05) is 20.5 Å². The SMILES string of the molecule is CC(C)OC(=O)COc1c(Br)cc(Cl)cc1C=Nn1c(C(C)(C)C)nc2ccc(Br)cc2c1=O. The zero-order valence-electron chi connectivity index (χ0n) is 19.4. The zero-order valence-corrected chi connectivity index (χ0v) is 23.3. The zero-order chi connectivity index (χ0) is 25.2. The number of nitrogens with zero attached hydrogens (tertiary/aromatic N) is 3. The number of benzene rings is 2. The molecule has 0 aliphatic rings. The molecule has 0 spiro atoms. The molecule has 0 amide bonds. The maximum atomic E-state index is 13.4. The van der Waals surface area contributed by atoms with E-state index in [2.05, 4.69) is 37.0 Å². The predicted molar refractivity (Wildman–Crippen MR) is 141 cm³/mol.